The van der Waals surface area contributed by atoms with Gasteiger partial charge in [-0.05, 0) is 36.8 Å². The van der Waals surface area contributed by atoms with E-state index in [9.17, 15) is 5.11 Å². The third kappa shape index (κ3) is 3.07. The molecular weight excluding hydrogens is 332 g/mol. The first-order valence-corrected chi connectivity index (χ1v) is 8.89. The summed E-state index contributed by atoms with van der Waals surface area (Å²) in [5.74, 6) is 1.27. The number of aliphatic hydroxyl groups is 1. The third-order valence-corrected chi connectivity index (χ3v) is 5.38. The van der Waals surface area contributed by atoms with E-state index in [0.29, 0.717) is 12.3 Å². The zero-order chi connectivity index (χ0) is 16.6. The van der Waals surface area contributed by atoms with Crippen LogP contribution in [0, 0.1) is 0 Å². The van der Waals surface area contributed by atoms with Gasteiger partial charge in [0.05, 0.1) is 0 Å². The normalized spacial score (nSPS) is 22.5. The number of para-hydroxylation sites is 1. The average Bonchev–Trinajstić information content (AvgIpc) is 2.91. The SMILES string of the molecule is CC(CCC1(O)C2=NCCCN2c2ccccc21)c1ccccc1.Cl. The van der Waals surface area contributed by atoms with Gasteiger partial charge in [0.2, 0.25) is 0 Å². The van der Waals surface area contributed by atoms with Crippen molar-refractivity contribution in [3.8, 4) is 0 Å². The predicted octanol–water partition coefficient (Wildman–Crippen LogP) is 4.50. The number of amidine groups is 1. The summed E-state index contributed by atoms with van der Waals surface area (Å²) in [6.07, 6.45) is 2.69. The minimum Gasteiger partial charge on any atom is -0.377 e. The molecule has 0 spiro atoms. The maximum absolute atomic E-state index is 11.6. The number of rotatable bonds is 4. The van der Waals surface area contributed by atoms with Crippen LogP contribution in [0.25, 0.3) is 0 Å². The van der Waals surface area contributed by atoms with Crippen LogP contribution >= 0.6 is 12.4 Å². The van der Waals surface area contributed by atoms with Crippen molar-refractivity contribution >= 4 is 23.9 Å². The first-order valence-electron chi connectivity index (χ1n) is 8.89. The summed E-state index contributed by atoms with van der Waals surface area (Å²) in [6, 6.07) is 18.8. The standard InChI is InChI=1S/C21H24N2O.ClH/c1-16(17-8-3-2-4-9-17)12-13-21(24)18-10-5-6-11-19(18)23-15-7-14-22-20(21)23;/h2-6,8-11,16,24H,7,12-15H2,1H3;1H. The summed E-state index contributed by atoms with van der Waals surface area (Å²) in [5.41, 5.74) is 2.53. The Kier molecular flexibility index (Phi) is 5.16. The van der Waals surface area contributed by atoms with E-state index in [4.69, 9.17) is 4.99 Å². The van der Waals surface area contributed by atoms with Crippen LogP contribution < -0.4 is 4.90 Å². The van der Waals surface area contributed by atoms with Crippen LogP contribution in [0.15, 0.2) is 59.6 Å². The zero-order valence-electron chi connectivity index (χ0n) is 14.6. The molecule has 2 aromatic rings. The maximum Gasteiger partial charge on any atom is 0.149 e. The summed E-state index contributed by atoms with van der Waals surface area (Å²) in [6.45, 7) is 4.00. The summed E-state index contributed by atoms with van der Waals surface area (Å²) < 4.78 is 0. The Labute approximate surface area is 155 Å². The minimum atomic E-state index is -0.944. The molecule has 0 aromatic heterocycles. The van der Waals surface area contributed by atoms with Gasteiger partial charge in [-0.15, -0.1) is 12.4 Å². The molecule has 0 saturated carbocycles. The Bertz CT molecular complexity index is 762. The predicted molar refractivity (Wildman–Crippen MR) is 106 cm³/mol. The van der Waals surface area contributed by atoms with E-state index in [0.717, 1.165) is 43.0 Å². The lowest BCUT2D eigenvalue weighted by molar-refractivity contribution is 0.0993. The third-order valence-electron chi connectivity index (χ3n) is 5.38. The highest BCUT2D eigenvalue weighted by molar-refractivity contribution is 6.10. The first-order chi connectivity index (χ1) is 11.7. The van der Waals surface area contributed by atoms with E-state index in [1.165, 1.54) is 5.56 Å². The lowest BCUT2D eigenvalue weighted by atomic mass is 9.85. The van der Waals surface area contributed by atoms with Crippen molar-refractivity contribution in [3.63, 3.8) is 0 Å². The molecule has 4 heteroatoms. The fraction of sp³-hybridized carbons (Fsp3) is 0.381. The molecule has 1 N–H and O–H groups in total. The van der Waals surface area contributed by atoms with Crippen molar-refractivity contribution in [2.45, 2.75) is 37.7 Å². The number of benzene rings is 2. The van der Waals surface area contributed by atoms with Crippen LogP contribution in [0.4, 0.5) is 5.69 Å². The van der Waals surface area contributed by atoms with Crippen LogP contribution in [0.1, 0.15) is 43.2 Å². The highest BCUT2D eigenvalue weighted by Crippen LogP contribution is 2.45. The van der Waals surface area contributed by atoms with Crippen molar-refractivity contribution in [2.75, 3.05) is 18.0 Å². The molecule has 132 valence electrons. The van der Waals surface area contributed by atoms with Crippen LogP contribution in [0.3, 0.4) is 0 Å². The fourth-order valence-electron chi connectivity index (χ4n) is 3.99. The van der Waals surface area contributed by atoms with E-state index in [-0.39, 0.29) is 12.4 Å². The minimum absolute atomic E-state index is 0. The summed E-state index contributed by atoms with van der Waals surface area (Å²) in [5, 5.41) is 11.6. The van der Waals surface area contributed by atoms with Crippen molar-refractivity contribution in [3.05, 3.63) is 65.7 Å². The number of hydrogen-bond acceptors (Lipinski definition) is 3. The smallest absolute Gasteiger partial charge is 0.149 e. The highest BCUT2D eigenvalue weighted by atomic mass is 35.5. The van der Waals surface area contributed by atoms with Gasteiger partial charge in [0, 0.05) is 24.3 Å². The quantitative estimate of drug-likeness (QED) is 0.875. The summed E-state index contributed by atoms with van der Waals surface area (Å²) in [7, 11) is 0. The largest absolute Gasteiger partial charge is 0.377 e. The van der Waals surface area contributed by atoms with Gasteiger partial charge < -0.3 is 10.0 Å². The van der Waals surface area contributed by atoms with Crippen molar-refractivity contribution < 1.29 is 5.11 Å². The number of hydrogen-bond donors (Lipinski definition) is 1. The molecule has 25 heavy (non-hydrogen) atoms. The maximum atomic E-state index is 11.6. The monoisotopic (exact) mass is 356 g/mol. The molecule has 0 amide bonds. The molecule has 0 bridgehead atoms. The lowest BCUT2D eigenvalue weighted by Crippen LogP contribution is -2.43. The molecule has 2 aliphatic heterocycles. The molecule has 2 aromatic carbocycles. The molecule has 2 aliphatic rings. The zero-order valence-corrected chi connectivity index (χ0v) is 15.4. The van der Waals surface area contributed by atoms with E-state index >= 15 is 0 Å². The van der Waals surface area contributed by atoms with Gasteiger partial charge in [-0.1, -0.05) is 55.5 Å². The number of halogens is 1. The number of fused-ring (bicyclic) bond motifs is 3. The topological polar surface area (TPSA) is 35.8 Å². The van der Waals surface area contributed by atoms with E-state index in [1.807, 2.05) is 18.2 Å². The Hall–Kier alpha value is -1.84. The molecule has 0 aliphatic carbocycles. The highest BCUT2D eigenvalue weighted by Gasteiger charge is 2.47. The average molecular weight is 357 g/mol. The van der Waals surface area contributed by atoms with Crippen LogP contribution in [0.5, 0.6) is 0 Å². The van der Waals surface area contributed by atoms with Gasteiger partial charge in [-0.25, -0.2) is 0 Å². The molecule has 2 atom stereocenters. The van der Waals surface area contributed by atoms with E-state index in [1.54, 1.807) is 0 Å². The van der Waals surface area contributed by atoms with Gasteiger partial charge in [-0.2, -0.15) is 0 Å². The lowest BCUT2D eigenvalue weighted by Gasteiger charge is -2.31. The number of nitrogens with zero attached hydrogens (tertiary/aromatic N) is 2. The molecular formula is C21H25ClN2O. The molecule has 4 rings (SSSR count). The van der Waals surface area contributed by atoms with E-state index < -0.39 is 5.60 Å². The van der Waals surface area contributed by atoms with Crippen LogP contribution in [-0.2, 0) is 5.60 Å². The summed E-state index contributed by atoms with van der Waals surface area (Å²) in [4.78, 5) is 6.92. The van der Waals surface area contributed by atoms with Gasteiger partial charge in [-0.3, -0.25) is 4.99 Å². The number of anilines is 1. The molecule has 0 radical (unpaired) electrons. The Morgan fingerprint density at radius 3 is 2.64 bits per heavy atom. The fourth-order valence-corrected chi connectivity index (χ4v) is 3.99. The second-order valence-corrected chi connectivity index (χ2v) is 6.94. The van der Waals surface area contributed by atoms with Gasteiger partial charge in [0.25, 0.3) is 0 Å². The second kappa shape index (κ2) is 7.19. The Balaban J connectivity index is 0.00000182. The molecule has 0 fully saturated rings. The molecule has 0 saturated heterocycles. The number of aliphatic imine (C=N–C) groups is 1. The Morgan fingerprint density at radius 1 is 1.12 bits per heavy atom. The van der Waals surface area contributed by atoms with Crippen LogP contribution in [-0.4, -0.2) is 24.0 Å². The Morgan fingerprint density at radius 2 is 1.84 bits per heavy atom. The molecule has 2 unspecified atom stereocenters. The molecule has 3 nitrogen and oxygen atoms in total. The van der Waals surface area contributed by atoms with Gasteiger partial charge in [0.15, 0.2) is 0 Å². The van der Waals surface area contributed by atoms with Gasteiger partial charge >= 0.3 is 0 Å². The molecule has 2 heterocycles. The van der Waals surface area contributed by atoms with Crippen molar-refractivity contribution in [1.29, 1.82) is 0 Å². The second-order valence-electron chi connectivity index (χ2n) is 6.94. The van der Waals surface area contributed by atoms with E-state index in [2.05, 4.69) is 48.2 Å². The summed E-state index contributed by atoms with van der Waals surface area (Å²) >= 11 is 0. The van der Waals surface area contributed by atoms with Gasteiger partial charge in [0.1, 0.15) is 11.4 Å². The van der Waals surface area contributed by atoms with Crippen LogP contribution in [0.2, 0.25) is 0 Å². The van der Waals surface area contributed by atoms with Crippen molar-refractivity contribution in [2.24, 2.45) is 4.99 Å². The first kappa shape index (κ1) is 18.0. The van der Waals surface area contributed by atoms with Crippen molar-refractivity contribution in [1.82, 2.24) is 0 Å².